The molecule has 1 N–H and O–H groups in total. The lowest BCUT2D eigenvalue weighted by Gasteiger charge is -2.11. The van der Waals surface area contributed by atoms with Crippen LogP contribution in [0.5, 0.6) is 5.75 Å². The second-order valence-corrected chi connectivity index (χ2v) is 5.10. The Labute approximate surface area is 112 Å². The summed E-state index contributed by atoms with van der Waals surface area (Å²) in [6.45, 7) is 3.10. The van der Waals surface area contributed by atoms with E-state index < -0.39 is 0 Å². The van der Waals surface area contributed by atoms with Crippen LogP contribution in [0.15, 0.2) is 24.3 Å². The fourth-order valence-corrected chi connectivity index (χ4v) is 2.17. The van der Waals surface area contributed by atoms with Crippen molar-refractivity contribution in [1.29, 1.82) is 0 Å². The molecular formula is C14H18ClNO2. The number of nitrogens with one attached hydrogen (secondary N) is 1. The Morgan fingerprint density at radius 1 is 1.56 bits per heavy atom. The number of fused-ring (bicyclic) bond motifs is 1. The van der Waals surface area contributed by atoms with Gasteiger partial charge in [0.05, 0.1) is 0 Å². The Balaban J connectivity index is 1.88. The average molecular weight is 268 g/mol. The summed E-state index contributed by atoms with van der Waals surface area (Å²) < 4.78 is 5.49. The maximum Gasteiger partial charge on any atom is 0.231 e. The van der Waals surface area contributed by atoms with Gasteiger partial charge in [-0.3, -0.25) is 4.79 Å². The second kappa shape index (κ2) is 6.10. The Morgan fingerprint density at radius 2 is 2.33 bits per heavy atom. The van der Waals surface area contributed by atoms with Crippen molar-refractivity contribution >= 4 is 17.5 Å². The molecule has 1 aliphatic heterocycles. The van der Waals surface area contributed by atoms with Gasteiger partial charge in [0, 0.05) is 17.5 Å². The minimum Gasteiger partial charge on any atom is -0.492 e. The molecule has 2 atom stereocenters. The molecule has 0 fully saturated rings. The van der Waals surface area contributed by atoms with E-state index in [-0.39, 0.29) is 17.2 Å². The van der Waals surface area contributed by atoms with E-state index in [9.17, 15) is 4.79 Å². The van der Waals surface area contributed by atoms with Crippen molar-refractivity contribution in [3.63, 3.8) is 0 Å². The van der Waals surface area contributed by atoms with E-state index >= 15 is 0 Å². The zero-order valence-electron chi connectivity index (χ0n) is 10.5. The molecule has 2 unspecified atom stereocenters. The van der Waals surface area contributed by atoms with Crippen molar-refractivity contribution in [2.45, 2.75) is 31.1 Å². The fraction of sp³-hybridized carbons (Fsp3) is 0.500. The Hall–Kier alpha value is -1.22. The summed E-state index contributed by atoms with van der Waals surface area (Å²) in [6.07, 6.45) is 1.73. The standard InChI is InChI=1S/C14H18ClNO2/c1-2-10(15)7-8-16-14(17)12-9-18-13-6-4-3-5-11(12)13/h3-6,10,12H,2,7-9H2,1H3,(H,16,17). The summed E-state index contributed by atoms with van der Waals surface area (Å²) in [5.41, 5.74) is 0.980. The minimum atomic E-state index is -0.184. The van der Waals surface area contributed by atoms with Gasteiger partial charge in [0.1, 0.15) is 18.3 Å². The van der Waals surface area contributed by atoms with Crippen LogP contribution in [0.1, 0.15) is 31.2 Å². The maximum atomic E-state index is 12.0. The van der Waals surface area contributed by atoms with Crippen LogP contribution in [-0.4, -0.2) is 24.4 Å². The maximum absolute atomic E-state index is 12.0. The van der Waals surface area contributed by atoms with Crippen LogP contribution in [0.4, 0.5) is 0 Å². The molecule has 0 radical (unpaired) electrons. The first-order valence-corrected chi connectivity index (χ1v) is 6.79. The smallest absolute Gasteiger partial charge is 0.231 e. The number of carbonyl (C=O) groups excluding carboxylic acids is 1. The SMILES string of the molecule is CCC(Cl)CCNC(=O)C1COc2ccccc21. The summed E-state index contributed by atoms with van der Waals surface area (Å²) in [4.78, 5) is 12.0. The third-order valence-corrected chi connectivity index (χ3v) is 3.74. The van der Waals surface area contributed by atoms with Crippen molar-refractivity contribution in [3.05, 3.63) is 29.8 Å². The van der Waals surface area contributed by atoms with E-state index in [0.29, 0.717) is 13.2 Å². The van der Waals surface area contributed by atoms with Gasteiger partial charge in [0.2, 0.25) is 5.91 Å². The Bertz CT molecular complexity index is 422. The average Bonchev–Trinajstić information content (AvgIpc) is 2.82. The molecule has 1 heterocycles. The van der Waals surface area contributed by atoms with Crippen molar-refractivity contribution in [2.75, 3.05) is 13.2 Å². The van der Waals surface area contributed by atoms with Crippen LogP contribution in [-0.2, 0) is 4.79 Å². The van der Waals surface area contributed by atoms with Gasteiger partial charge in [0.15, 0.2) is 0 Å². The lowest BCUT2D eigenvalue weighted by atomic mass is 10.0. The van der Waals surface area contributed by atoms with E-state index in [4.69, 9.17) is 16.3 Å². The zero-order chi connectivity index (χ0) is 13.0. The second-order valence-electron chi connectivity index (χ2n) is 4.49. The van der Waals surface area contributed by atoms with Gasteiger partial charge in [-0.1, -0.05) is 25.1 Å². The Morgan fingerprint density at radius 3 is 3.11 bits per heavy atom. The zero-order valence-corrected chi connectivity index (χ0v) is 11.2. The van der Waals surface area contributed by atoms with Gasteiger partial charge in [-0.25, -0.2) is 0 Å². The number of benzene rings is 1. The Kier molecular flexibility index (Phi) is 4.48. The molecule has 98 valence electrons. The normalized spacial score (nSPS) is 18.9. The highest BCUT2D eigenvalue weighted by Crippen LogP contribution is 2.33. The van der Waals surface area contributed by atoms with Crippen molar-refractivity contribution in [3.8, 4) is 5.75 Å². The van der Waals surface area contributed by atoms with Crippen LogP contribution in [0.25, 0.3) is 0 Å². The molecule has 3 nitrogen and oxygen atoms in total. The molecule has 0 spiro atoms. The highest BCUT2D eigenvalue weighted by Gasteiger charge is 2.29. The number of rotatable bonds is 5. The predicted octanol–water partition coefficient (Wildman–Crippen LogP) is 2.69. The van der Waals surface area contributed by atoms with E-state index in [2.05, 4.69) is 5.32 Å². The summed E-state index contributed by atoms with van der Waals surface area (Å²) >= 11 is 6.01. The van der Waals surface area contributed by atoms with Crippen LogP contribution in [0.2, 0.25) is 0 Å². The van der Waals surface area contributed by atoms with Crippen molar-refractivity contribution in [2.24, 2.45) is 0 Å². The highest BCUT2D eigenvalue weighted by molar-refractivity contribution is 6.20. The van der Waals surface area contributed by atoms with Crippen molar-refractivity contribution in [1.82, 2.24) is 5.32 Å². The van der Waals surface area contributed by atoms with Gasteiger partial charge in [-0.05, 0) is 18.9 Å². The van der Waals surface area contributed by atoms with E-state index in [1.807, 2.05) is 31.2 Å². The number of carbonyl (C=O) groups is 1. The summed E-state index contributed by atoms with van der Waals surface area (Å²) in [5, 5.41) is 3.06. The summed E-state index contributed by atoms with van der Waals surface area (Å²) in [5.74, 6) is 0.665. The molecule has 4 heteroatoms. The lowest BCUT2D eigenvalue weighted by molar-refractivity contribution is -0.122. The molecule has 2 rings (SSSR count). The molecular weight excluding hydrogens is 250 g/mol. The van der Waals surface area contributed by atoms with E-state index in [0.717, 1.165) is 24.2 Å². The third kappa shape index (κ3) is 2.96. The number of alkyl halides is 1. The molecule has 18 heavy (non-hydrogen) atoms. The molecule has 0 bridgehead atoms. The molecule has 0 aromatic heterocycles. The van der Waals surface area contributed by atoms with Gasteiger partial charge >= 0.3 is 0 Å². The van der Waals surface area contributed by atoms with Gasteiger partial charge in [0.25, 0.3) is 0 Å². The van der Waals surface area contributed by atoms with Crippen LogP contribution in [0, 0.1) is 0 Å². The monoisotopic (exact) mass is 267 g/mol. The van der Waals surface area contributed by atoms with E-state index in [1.54, 1.807) is 0 Å². The van der Waals surface area contributed by atoms with Gasteiger partial charge in [-0.15, -0.1) is 11.6 Å². The molecule has 0 aliphatic carbocycles. The van der Waals surface area contributed by atoms with Crippen LogP contribution >= 0.6 is 11.6 Å². The molecule has 1 aromatic rings. The number of hydrogen-bond acceptors (Lipinski definition) is 2. The summed E-state index contributed by atoms with van der Waals surface area (Å²) in [6, 6.07) is 7.69. The summed E-state index contributed by atoms with van der Waals surface area (Å²) in [7, 11) is 0. The first-order valence-electron chi connectivity index (χ1n) is 6.36. The highest BCUT2D eigenvalue weighted by atomic mass is 35.5. The topological polar surface area (TPSA) is 38.3 Å². The van der Waals surface area contributed by atoms with Gasteiger partial charge < -0.3 is 10.1 Å². The number of para-hydroxylation sites is 1. The molecule has 0 saturated carbocycles. The number of hydrogen-bond donors (Lipinski definition) is 1. The molecule has 1 amide bonds. The number of amides is 1. The minimum absolute atomic E-state index is 0.0277. The first-order chi connectivity index (χ1) is 8.72. The predicted molar refractivity (Wildman–Crippen MR) is 72.2 cm³/mol. The quantitative estimate of drug-likeness (QED) is 0.833. The van der Waals surface area contributed by atoms with Gasteiger partial charge in [-0.2, -0.15) is 0 Å². The van der Waals surface area contributed by atoms with Crippen LogP contribution in [0.3, 0.4) is 0 Å². The number of ether oxygens (including phenoxy) is 1. The van der Waals surface area contributed by atoms with Crippen LogP contribution < -0.4 is 10.1 Å². The fourth-order valence-electron chi connectivity index (χ4n) is 2.06. The van der Waals surface area contributed by atoms with Crippen molar-refractivity contribution < 1.29 is 9.53 Å². The third-order valence-electron chi connectivity index (χ3n) is 3.22. The largest absolute Gasteiger partial charge is 0.492 e. The number of halogens is 1. The molecule has 1 aromatic carbocycles. The lowest BCUT2D eigenvalue weighted by Crippen LogP contribution is -2.31. The van der Waals surface area contributed by atoms with E-state index in [1.165, 1.54) is 0 Å². The first kappa shape index (κ1) is 13.2. The molecule has 1 aliphatic rings. The molecule has 0 saturated heterocycles.